The second-order valence-electron chi connectivity index (χ2n) is 4.87. The summed E-state index contributed by atoms with van der Waals surface area (Å²) in [6.07, 6.45) is 1.30. The fourth-order valence-corrected chi connectivity index (χ4v) is 3.05. The Morgan fingerprint density at radius 3 is 2.52 bits per heavy atom. The van der Waals surface area contributed by atoms with Crippen molar-refractivity contribution in [3.05, 3.63) is 71.0 Å². The number of nitro groups is 1. The maximum atomic E-state index is 11.6. The molecule has 0 fully saturated rings. The molecule has 1 aromatic heterocycles. The van der Waals surface area contributed by atoms with Crippen LogP contribution in [0, 0.1) is 10.1 Å². The summed E-state index contributed by atoms with van der Waals surface area (Å²) in [7, 11) is 1.53. The molecule has 0 atom stereocenters. The minimum absolute atomic E-state index is 0.114. The van der Waals surface area contributed by atoms with Gasteiger partial charge < -0.3 is 10.1 Å². The average molecular weight is 354 g/mol. The van der Waals surface area contributed by atoms with E-state index in [0.29, 0.717) is 11.4 Å². The second kappa shape index (κ2) is 7.63. The SMILES string of the molecule is COc1ccccc1Nc1ncnc(Sc2ccccc2)c1[N+](=O)[O-]. The van der Waals surface area contributed by atoms with E-state index in [0.717, 1.165) is 4.90 Å². The number of nitrogens with one attached hydrogen (secondary N) is 1. The third kappa shape index (κ3) is 3.86. The Kier molecular flexibility index (Phi) is 5.10. The first-order valence-corrected chi connectivity index (χ1v) is 8.13. The fourth-order valence-electron chi connectivity index (χ4n) is 2.17. The van der Waals surface area contributed by atoms with Crippen molar-refractivity contribution in [2.45, 2.75) is 9.92 Å². The van der Waals surface area contributed by atoms with E-state index in [2.05, 4.69) is 15.3 Å². The third-order valence-corrected chi connectivity index (χ3v) is 4.29. The van der Waals surface area contributed by atoms with Crippen molar-refractivity contribution in [2.75, 3.05) is 12.4 Å². The number of para-hydroxylation sites is 2. The van der Waals surface area contributed by atoms with Gasteiger partial charge in [-0.15, -0.1) is 0 Å². The van der Waals surface area contributed by atoms with Crippen LogP contribution in [-0.2, 0) is 0 Å². The lowest BCUT2D eigenvalue weighted by atomic mass is 10.3. The lowest BCUT2D eigenvalue weighted by molar-refractivity contribution is -0.387. The summed E-state index contributed by atoms with van der Waals surface area (Å²) in [5.41, 5.74) is 0.407. The number of rotatable bonds is 6. The predicted molar refractivity (Wildman–Crippen MR) is 95.5 cm³/mol. The highest BCUT2D eigenvalue weighted by molar-refractivity contribution is 7.99. The first-order chi connectivity index (χ1) is 12.2. The third-order valence-electron chi connectivity index (χ3n) is 3.29. The lowest BCUT2D eigenvalue weighted by Crippen LogP contribution is -2.03. The Bertz CT molecular complexity index is 890. The Morgan fingerprint density at radius 1 is 1.08 bits per heavy atom. The van der Waals surface area contributed by atoms with Crippen molar-refractivity contribution in [3.8, 4) is 5.75 Å². The van der Waals surface area contributed by atoms with Crippen LogP contribution in [-0.4, -0.2) is 22.0 Å². The lowest BCUT2D eigenvalue weighted by Gasteiger charge is -2.11. The van der Waals surface area contributed by atoms with Gasteiger partial charge in [-0.1, -0.05) is 42.1 Å². The van der Waals surface area contributed by atoms with E-state index >= 15 is 0 Å². The average Bonchev–Trinajstić information content (AvgIpc) is 2.63. The van der Waals surface area contributed by atoms with Crippen LogP contribution < -0.4 is 10.1 Å². The normalized spacial score (nSPS) is 10.3. The van der Waals surface area contributed by atoms with Gasteiger partial charge >= 0.3 is 5.69 Å². The van der Waals surface area contributed by atoms with Crippen LogP contribution in [0.25, 0.3) is 0 Å². The second-order valence-corrected chi connectivity index (χ2v) is 5.94. The van der Waals surface area contributed by atoms with E-state index in [9.17, 15) is 10.1 Å². The molecule has 1 N–H and O–H groups in total. The molecular formula is C17H14N4O3S. The van der Waals surface area contributed by atoms with Gasteiger partial charge in [-0.25, -0.2) is 9.97 Å². The van der Waals surface area contributed by atoms with E-state index in [4.69, 9.17) is 4.74 Å². The van der Waals surface area contributed by atoms with Gasteiger partial charge in [-0.3, -0.25) is 10.1 Å². The molecule has 0 bridgehead atoms. The molecule has 0 aliphatic rings. The van der Waals surface area contributed by atoms with Crippen molar-refractivity contribution in [1.82, 2.24) is 9.97 Å². The summed E-state index contributed by atoms with van der Waals surface area (Å²) in [5.74, 6) is 0.676. The van der Waals surface area contributed by atoms with Crippen molar-refractivity contribution < 1.29 is 9.66 Å². The molecule has 25 heavy (non-hydrogen) atoms. The number of hydrogen-bond acceptors (Lipinski definition) is 7. The summed E-state index contributed by atoms with van der Waals surface area (Å²) in [6.45, 7) is 0. The zero-order valence-corrected chi connectivity index (χ0v) is 14.1. The van der Waals surface area contributed by atoms with Gasteiger partial charge in [-0.2, -0.15) is 0 Å². The molecule has 0 aliphatic heterocycles. The van der Waals surface area contributed by atoms with Crippen LogP contribution in [0.3, 0.4) is 0 Å². The minimum Gasteiger partial charge on any atom is -0.495 e. The van der Waals surface area contributed by atoms with Gasteiger partial charge in [0.1, 0.15) is 12.1 Å². The largest absolute Gasteiger partial charge is 0.495 e. The maximum absolute atomic E-state index is 11.6. The number of methoxy groups -OCH3 is 1. The van der Waals surface area contributed by atoms with E-state index in [1.54, 1.807) is 18.2 Å². The van der Waals surface area contributed by atoms with E-state index in [-0.39, 0.29) is 16.5 Å². The number of hydrogen-bond donors (Lipinski definition) is 1. The fraction of sp³-hybridized carbons (Fsp3) is 0.0588. The molecule has 8 heteroatoms. The molecule has 0 radical (unpaired) electrons. The topological polar surface area (TPSA) is 90.2 Å². The van der Waals surface area contributed by atoms with Crippen molar-refractivity contribution >= 4 is 29.0 Å². The zero-order valence-electron chi connectivity index (χ0n) is 13.2. The number of nitrogens with zero attached hydrogens (tertiary/aromatic N) is 3. The maximum Gasteiger partial charge on any atom is 0.343 e. The molecule has 3 rings (SSSR count). The molecule has 126 valence electrons. The number of ether oxygens (including phenoxy) is 1. The van der Waals surface area contributed by atoms with E-state index in [1.807, 2.05) is 36.4 Å². The predicted octanol–water partition coefficient (Wildman–Crippen LogP) is 4.29. The van der Waals surface area contributed by atoms with Crippen LogP contribution in [0.1, 0.15) is 0 Å². The zero-order chi connectivity index (χ0) is 17.6. The summed E-state index contributed by atoms with van der Waals surface area (Å²) in [6, 6.07) is 16.5. The molecule has 0 spiro atoms. The molecule has 7 nitrogen and oxygen atoms in total. The van der Waals surface area contributed by atoms with Crippen LogP contribution in [0.15, 0.2) is 70.8 Å². The van der Waals surface area contributed by atoms with Crippen LogP contribution in [0.4, 0.5) is 17.2 Å². The summed E-state index contributed by atoms with van der Waals surface area (Å²) in [5, 5.41) is 14.9. The molecule has 0 saturated carbocycles. The van der Waals surface area contributed by atoms with Gasteiger partial charge in [0.05, 0.1) is 17.7 Å². The highest BCUT2D eigenvalue weighted by Gasteiger charge is 2.24. The highest BCUT2D eigenvalue weighted by Crippen LogP contribution is 2.38. The molecule has 1 heterocycles. The Morgan fingerprint density at radius 2 is 1.80 bits per heavy atom. The standard InChI is InChI=1S/C17H14N4O3S/c1-24-14-10-6-5-9-13(14)20-16-15(21(22)23)17(19-11-18-16)25-12-7-3-2-4-8-12/h2-11H,1H3,(H,18,19,20). The van der Waals surface area contributed by atoms with Crippen molar-refractivity contribution in [2.24, 2.45) is 0 Å². The summed E-state index contributed by atoms with van der Waals surface area (Å²) in [4.78, 5) is 20.1. The van der Waals surface area contributed by atoms with Gasteiger partial charge in [0, 0.05) is 4.90 Å². The Labute approximate surface area is 148 Å². The van der Waals surface area contributed by atoms with Gasteiger partial charge in [0.15, 0.2) is 5.03 Å². The molecule has 3 aromatic rings. The Balaban J connectivity index is 1.99. The molecular weight excluding hydrogens is 340 g/mol. The summed E-state index contributed by atoms with van der Waals surface area (Å²) >= 11 is 1.21. The van der Waals surface area contributed by atoms with E-state index < -0.39 is 4.92 Å². The molecule has 2 aromatic carbocycles. The number of benzene rings is 2. The minimum atomic E-state index is -0.483. The van der Waals surface area contributed by atoms with Crippen molar-refractivity contribution in [3.63, 3.8) is 0 Å². The molecule has 0 unspecified atom stereocenters. The van der Waals surface area contributed by atoms with E-state index in [1.165, 1.54) is 25.2 Å². The van der Waals surface area contributed by atoms with Gasteiger partial charge in [0.2, 0.25) is 5.82 Å². The smallest absolute Gasteiger partial charge is 0.343 e. The van der Waals surface area contributed by atoms with Gasteiger partial charge in [-0.05, 0) is 24.3 Å². The number of aromatic nitrogens is 2. The molecule has 0 saturated heterocycles. The van der Waals surface area contributed by atoms with Crippen LogP contribution in [0.5, 0.6) is 5.75 Å². The van der Waals surface area contributed by atoms with Crippen LogP contribution in [0.2, 0.25) is 0 Å². The first kappa shape index (κ1) is 16.7. The monoisotopic (exact) mass is 354 g/mol. The van der Waals surface area contributed by atoms with Crippen LogP contribution >= 0.6 is 11.8 Å². The molecule has 0 amide bonds. The quantitative estimate of drug-likeness (QED) is 0.401. The Hall–Kier alpha value is -3.13. The number of anilines is 2. The van der Waals surface area contributed by atoms with Gasteiger partial charge in [0.25, 0.3) is 0 Å². The highest BCUT2D eigenvalue weighted by atomic mass is 32.2. The molecule has 0 aliphatic carbocycles. The first-order valence-electron chi connectivity index (χ1n) is 7.31. The van der Waals surface area contributed by atoms with Crippen molar-refractivity contribution in [1.29, 1.82) is 0 Å². The summed E-state index contributed by atoms with van der Waals surface area (Å²) < 4.78 is 5.26.